The molecule has 1 atom stereocenters. The molecule has 2 heteroatoms. The topological polar surface area (TPSA) is 20.3 Å². The van der Waals surface area contributed by atoms with Crippen molar-refractivity contribution in [1.82, 2.24) is 4.90 Å². The van der Waals surface area contributed by atoms with Gasteiger partial charge in [-0.2, -0.15) is 0 Å². The van der Waals surface area contributed by atoms with Gasteiger partial charge >= 0.3 is 0 Å². The lowest BCUT2D eigenvalue weighted by Gasteiger charge is -2.30. The van der Waals surface area contributed by atoms with Gasteiger partial charge in [0.25, 0.3) is 0 Å². The average Bonchev–Trinajstić information content (AvgIpc) is 2.87. The Labute approximate surface area is 99.4 Å². The molecule has 1 amide bonds. The van der Waals surface area contributed by atoms with Crippen LogP contribution < -0.4 is 0 Å². The number of amides is 1. The molecule has 2 nitrogen and oxygen atoms in total. The van der Waals surface area contributed by atoms with Gasteiger partial charge in [-0.1, -0.05) is 26.2 Å². The molecule has 0 aromatic carbocycles. The maximum absolute atomic E-state index is 12.5. The van der Waals surface area contributed by atoms with Gasteiger partial charge in [0.05, 0.1) is 5.41 Å². The third-order valence-corrected chi connectivity index (χ3v) is 5.07. The molecule has 0 aromatic rings. The molecular weight excluding hydrogens is 198 g/mol. The van der Waals surface area contributed by atoms with E-state index in [2.05, 4.69) is 20.8 Å². The number of nitrogens with zero attached hydrogens (tertiary/aromatic N) is 1. The van der Waals surface area contributed by atoms with Crippen LogP contribution in [0.1, 0.15) is 59.3 Å². The second kappa shape index (κ2) is 4.05. The summed E-state index contributed by atoms with van der Waals surface area (Å²) >= 11 is 0. The Balaban J connectivity index is 2.07. The summed E-state index contributed by atoms with van der Waals surface area (Å²) in [7, 11) is 0. The Morgan fingerprint density at radius 1 is 1.12 bits per heavy atom. The van der Waals surface area contributed by atoms with E-state index in [0.717, 1.165) is 19.5 Å². The minimum Gasteiger partial charge on any atom is -0.343 e. The maximum Gasteiger partial charge on any atom is 0.229 e. The molecule has 1 unspecified atom stereocenters. The first-order chi connectivity index (χ1) is 7.59. The molecule has 0 saturated heterocycles. The van der Waals surface area contributed by atoms with Gasteiger partial charge in [0.15, 0.2) is 0 Å². The number of carbonyl (C=O) groups excluding carboxylic acids is 1. The standard InChI is InChI=1S/C14H25NO/c1-4-15(5-2)12(16)13(3)11-14(13)9-7-6-8-10-14/h4-11H2,1-3H3. The molecule has 2 aliphatic rings. The first-order valence-corrected chi connectivity index (χ1v) is 6.89. The summed E-state index contributed by atoms with van der Waals surface area (Å²) in [5, 5.41) is 0. The molecule has 1 spiro atoms. The minimum atomic E-state index is -0.0144. The van der Waals surface area contributed by atoms with Crippen LogP contribution in [-0.4, -0.2) is 23.9 Å². The van der Waals surface area contributed by atoms with Crippen LogP contribution in [0.4, 0.5) is 0 Å². The van der Waals surface area contributed by atoms with Gasteiger partial charge in [-0.05, 0) is 38.5 Å². The Bertz CT molecular complexity index is 276. The SMILES string of the molecule is CCN(CC)C(=O)C1(C)CC12CCCCC2. The van der Waals surface area contributed by atoms with E-state index < -0.39 is 0 Å². The normalized spacial score (nSPS) is 31.4. The molecule has 2 fully saturated rings. The lowest BCUT2D eigenvalue weighted by molar-refractivity contribution is -0.137. The Hall–Kier alpha value is -0.530. The van der Waals surface area contributed by atoms with Crippen molar-refractivity contribution in [2.24, 2.45) is 10.8 Å². The summed E-state index contributed by atoms with van der Waals surface area (Å²) < 4.78 is 0. The highest BCUT2D eigenvalue weighted by atomic mass is 16.2. The van der Waals surface area contributed by atoms with Crippen molar-refractivity contribution in [2.75, 3.05) is 13.1 Å². The van der Waals surface area contributed by atoms with Gasteiger partial charge < -0.3 is 4.90 Å². The Morgan fingerprint density at radius 2 is 1.69 bits per heavy atom. The van der Waals surface area contributed by atoms with Crippen molar-refractivity contribution >= 4 is 5.91 Å². The molecule has 16 heavy (non-hydrogen) atoms. The zero-order valence-corrected chi connectivity index (χ0v) is 11.0. The molecule has 2 saturated carbocycles. The van der Waals surface area contributed by atoms with Crippen LogP contribution in [0.5, 0.6) is 0 Å². The van der Waals surface area contributed by atoms with Crippen LogP contribution in [0.2, 0.25) is 0 Å². The Kier molecular flexibility index (Phi) is 3.02. The van der Waals surface area contributed by atoms with Crippen molar-refractivity contribution in [3.8, 4) is 0 Å². The fraction of sp³-hybridized carbons (Fsp3) is 0.929. The summed E-state index contributed by atoms with van der Waals surface area (Å²) in [6.07, 6.45) is 7.77. The summed E-state index contributed by atoms with van der Waals surface area (Å²) in [5.41, 5.74) is 0.379. The van der Waals surface area contributed by atoms with Gasteiger partial charge in [0.2, 0.25) is 5.91 Å². The minimum absolute atomic E-state index is 0.0144. The van der Waals surface area contributed by atoms with Gasteiger partial charge in [0, 0.05) is 13.1 Å². The van der Waals surface area contributed by atoms with Crippen LogP contribution in [0.25, 0.3) is 0 Å². The van der Waals surface area contributed by atoms with E-state index >= 15 is 0 Å². The van der Waals surface area contributed by atoms with Gasteiger partial charge in [-0.15, -0.1) is 0 Å². The monoisotopic (exact) mass is 223 g/mol. The molecule has 0 aliphatic heterocycles. The predicted molar refractivity (Wildman–Crippen MR) is 66.2 cm³/mol. The highest BCUT2D eigenvalue weighted by molar-refractivity contribution is 5.86. The number of rotatable bonds is 3. The van der Waals surface area contributed by atoms with Gasteiger partial charge in [-0.3, -0.25) is 4.79 Å². The highest BCUT2D eigenvalue weighted by Crippen LogP contribution is 2.70. The van der Waals surface area contributed by atoms with Crippen molar-refractivity contribution in [3.63, 3.8) is 0 Å². The summed E-state index contributed by atoms with van der Waals surface area (Å²) in [4.78, 5) is 14.5. The van der Waals surface area contributed by atoms with Crippen LogP contribution in [-0.2, 0) is 4.79 Å². The lowest BCUT2D eigenvalue weighted by atomic mass is 9.79. The van der Waals surface area contributed by atoms with Crippen molar-refractivity contribution in [2.45, 2.75) is 59.3 Å². The van der Waals surface area contributed by atoms with Crippen LogP contribution in [0.3, 0.4) is 0 Å². The van der Waals surface area contributed by atoms with E-state index in [1.54, 1.807) is 0 Å². The molecule has 2 aliphatic carbocycles. The summed E-state index contributed by atoms with van der Waals surface area (Å²) in [5.74, 6) is 0.416. The molecule has 0 bridgehead atoms. The molecular formula is C14H25NO. The molecule has 0 radical (unpaired) electrons. The zero-order valence-electron chi connectivity index (χ0n) is 11.0. The second-order valence-electron chi connectivity index (χ2n) is 5.83. The van der Waals surface area contributed by atoms with Gasteiger partial charge in [-0.25, -0.2) is 0 Å². The summed E-state index contributed by atoms with van der Waals surface area (Å²) in [6, 6.07) is 0. The second-order valence-corrected chi connectivity index (χ2v) is 5.83. The van der Waals surface area contributed by atoms with Crippen molar-refractivity contribution < 1.29 is 4.79 Å². The largest absolute Gasteiger partial charge is 0.343 e. The number of carbonyl (C=O) groups is 1. The van der Waals surface area contributed by atoms with E-state index in [1.807, 2.05) is 4.90 Å². The predicted octanol–water partition coefficient (Wildman–Crippen LogP) is 3.22. The van der Waals surface area contributed by atoms with Crippen LogP contribution in [0, 0.1) is 10.8 Å². The highest BCUT2D eigenvalue weighted by Gasteiger charge is 2.68. The van der Waals surface area contributed by atoms with Gasteiger partial charge in [0.1, 0.15) is 0 Å². The molecule has 92 valence electrons. The van der Waals surface area contributed by atoms with E-state index in [4.69, 9.17) is 0 Å². The molecule has 0 heterocycles. The molecule has 0 N–H and O–H groups in total. The fourth-order valence-corrected chi connectivity index (χ4v) is 3.75. The zero-order chi connectivity index (χ0) is 11.8. The van der Waals surface area contributed by atoms with E-state index in [-0.39, 0.29) is 5.41 Å². The van der Waals surface area contributed by atoms with Crippen molar-refractivity contribution in [1.29, 1.82) is 0 Å². The number of hydrogen-bond acceptors (Lipinski definition) is 1. The lowest BCUT2D eigenvalue weighted by Crippen LogP contribution is -2.38. The summed E-state index contributed by atoms with van der Waals surface area (Å²) in [6.45, 7) is 8.10. The number of hydrogen-bond donors (Lipinski definition) is 0. The molecule has 2 rings (SSSR count). The fourth-order valence-electron chi connectivity index (χ4n) is 3.75. The average molecular weight is 223 g/mol. The molecule has 0 aromatic heterocycles. The smallest absolute Gasteiger partial charge is 0.229 e. The Morgan fingerprint density at radius 3 is 2.19 bits per heavy atom. The van der Waals surface area contributed by atoms with E-state index in [1.165, 1.54) is 32.1 Å². The third kappa shape index (κ3) is 1.57. The maximum atomic E-state index is 12.5. The van der Waals surface area contributed by atoms with Crippen LogP contribution in [0.15, 0.2) is 0 Å². The first-order valence-electron chi connectivity index (χ1n) is 6.89. The van der Waals surface area contributed by atoms with Crippen LogP contribution >= 0.6 is 0 Å². The quantitative estimate of drug-likeness (QED) is 0.719. The third-order valence-electron chi connectivity index (χ3n) is 5.07. The van der Waals surface area contributed by atoms with Crippen molar-refractivity contribution in [3.05, 3.63) is 0 Å². The van der Waals surface area contributed by atoms with E-state index in [0.29, 0.717) is 11.3 Å². The first kappa shape index (κ1) is 11.9. The van der Waals surface area contributed by atoms with E-state index in [9.17, 15) is 4.79 Å².